The molecular formula is C28H27N3O5S. The first kappa shape index (κ1) is 24.6. The Kier molecular flexibility index (Phi) is 6.25. The van der Waals surface area contributed by atoms with Gasteiger partial charge in [0.1, 0.15) is 5.75 Å². The van der Waals surface area contributed by atoms with Crippen molar-refractivity contribution >= 4 is 37.9 Å². The quantitative estimate of drug-likeness (QED) is 0.280. The number of rotatable bonds is 7. The minimum Gasteiger partial charge on any atom is -0.479 e. The average molecular weight is 518 g/mol. The van der Waals surface area contributed by atoms with Crippen LogP contribution in [-0.4, -0.2) is 40.6 Å². The summed E-state index contributed by atoms with van der Waals surface area (Å²) in [6, 6.07) is 17.7. The third kappa shape index (κ3) is 4.35. The zero-order valence-electron chi connectivity index (χ0n) is 21.0. The van der Waals surface area contributed by atoms with Crippen LogP contribution in [0.4, 0.5) is 0 Å². The molecule has 0 saturated heterocycles. The molecule has 0 radical (unpaired) electrons. The van der Waals surface area contributed by atoms with Crippen molar-refractivity contribution in [2.75, 3.05) is 6.61 Å². The van der Waals surface area contributed by atoms with Gasteiger partial charge in [0.15, 0.2) is 11.8 Å². The molecule has 0 aliphatic rings. The summed E-state index contributed by atoms with van der Waals surface area (Å²) >= 11 is 0. The van der Waals surface area contributed by atoms with Crippen molar-refractivity contribution in [1.82, 2.24) is 13.5 Å². The van der Waals surface area contributed by atoms with Crippen LogP contribution < -0.4 is 4.74 Å². The van der Waals surface area contributed by atoms with Crippen molar-refractivity contribution in [3.8, 4) is 17.0 Å². The topological polar surface area (TPSA) is 92.4 Å². The zero-order valence-corrected chi connectivity index (χ0v) is 21.8. The van der Waals surface area contributed by atoms with Crippen LogP contribution >= 0.6 is 0 Å². The minimum absolute atomic E-state index is 0.176. The molecule has 0 spiro atoms. The maximum atomic E-state index is 13.9. The smallest absolute Gasteiger partial charge is 0.347 e. The SMILES string of the molecule is CCOC(=O)C(C)Oc1ccc2c(c1)c(-c1cc3cccnc3n1S(=O)(=O)c1ccc(C)cc1)cn2C. The first-order chi connectivity index (χ1) is 17.7. The number of fused-ring (bicyclic) bond motifs is 2. The monoisotopic (exact) mass is 517 g/mol. The van der Waals surface area contributed by atoms with Gasteiger partial charge >= 0.3 is 5.97 Å². The van der Waals surface area contributed by atoms with E-state index in [9.17, 15) is 13.2 Å². The second kappa shape index (κ2) is 9.40. The molecule has 0 N–H and O–H groups in total. The van der Waals surface area contributed by atoms with E-state index in [2.05, 4.69) is 4.98 Å². The van der Waals surface area contributed by atoms with E-state index in [1.165, 1.54) is 3.97 Å². The van der Waals surface area contributed by atoms with Gasteiger partial charge in [-0.25, -0.2) is 22.2 Å². The molecule has 8 nitrogen and oxygen atoms in total. The Hall–Kier alpha value is -4.11. The lowest BCUT2D eigenvalue weighted by molar-refractivity contribution is -0.150. The van der Waals surface area contributed by atoms with Crippen LogP contribution in [0.5, 0.6) is 5.75 Å². The summed E-state index contributed by atoms with van der Waals surface area (Å²) in [4.78, 5) is 16.7. The largest absolute Gasteiger partial charge is 0.479 e. The van der Waals surface area contributed by atoms with Gasteiger partial charge in [0.2, 0.25) is 0 Å². The number of hydrogen-bond donors (Lipinski definition) is 0. The number of carbonyl (C=O) groups is 1. The maximum Gasteiger partial charge on any atom is 0.347 e. The molecule has 190 valence electrons. The van der Waals surface area contributed by atoms with Crippen LogP contribution in [0.2, 0.25) is 0 Å². The minimum atomic E-state index is -3.97. The Morgan fingerprint density at radius 1 is 1.08 bits per heavy atom. The van der Waals surface area contributed by atoms with E-state index >= 15 is 0 Å². The van der Waals surface area contributed by atoms with Crippen molar-refractivity contribution in [1.29, 1.82) is 0 Å². The summed E-state index contributed by atoms with van der Waals surface area (Å²) in [5, 5.41) is 1.48. The standard InChI is InChI=1S/C28H27N3O5S/c1-5-35-28(32)19(3)36-21-10-13-25-23(16-21)24(17-30(25)4)26-15-20-7-6-14-29-27(20)31(26)37(33,34)22-11-8-18(2)9-12-22/h6-17,19H,5H2,1-4H3. The van der Waals surface area contributed by atoms with Gasteiger partial charge in [0.25, 0.3) is 10.0 Å². The third-order valence-electron chi connectivity index (χ3n) is 6.25. The number of esters is 1. The lowest BCUT2D eigenvalue weighted by atomic mass is 10.1. The molecule has 5 aromatic rings. The summed E-state index contributed by atoms with van der Waals surface area (Å²) in [6.45, 7) is 5.55. The van der Waals surface area contributed by atoms with Crippen LogP contribution in [0.3, 0.4) is 0 Å². The van der Waals surface area contributed by atoms with Crippen molar-refractivity contribution in [3.05, 3.63) is 78.6 Å². The molecule has 9 heteroatoms. The molecular weight excluding hydrogens is 490 g/mol. The molecule has 3 heterocycles. The second-order valence-corrected chi connectivity index (χ2v) is 10.7. The van der Waals surface area contributed by atoms with E-state index in [4.69, 9.17) is 9.47 Å². The fourth-order valence-corrected chi connectivity index (χ4v) is 5.90. The molecule has 1 atom stereocenters. The number of pyridine rings is 1. The highest BCUT2D eigenvalue weighted by molar-refractivity contribution is 7.90. The zero-order chi connectivity index (χ0) is 26.3. The van der Waals surface area contributed by atoms with Crippen LogP contribution in [0.15, 0.2) is 78.0 Å². The number of aryl methyl sites for hydroxylation is 2. The van der Waals surface area contributed by atoms with E-state index in [0.717, 1.165) is 16.5 Å². The number of carbonyl (C=O) groups excluding carboxylic acids is 1. The summed E-state index contributed by atoms with van der Waals surface area (Å²) in [5.74, 6) is 0.0222. The lowest BCUT2D eigenvalue weighted by Gasteiger charge is -2.14. The van der Waals surface area contributed by atoms with E-state index in [1.54, 1.807) is 56.4 Å². The van der Waals surface area contributed by atoms with Crippen LogP contribution in [0.1, 0.15) is 19.4 Å². The van der Waals surface area contributed by atoms with Gasteiger partial charge in [0, 0.05) is 41.3 Å². The number of aromatic nitrogens is 3. The number of ether oxygens (including phenoxy) is 2. The molecule has 0 amide bonds. The number of benzene rings is 2. The second-order valence-electron chi connectivity index (χ2n) is 8.87. The van der Waals surface area contributed by atoms with Gasteiger partial charge in [-0.2, -0.15) is 0 Å². The summed E-state index contributed by atoms with van der Waals surface area (Å²) in [6.07, 6.45) is 2.68. The molecule has 3 aromatic heterocycles. The van der Waals surface area contributed by atoms with Gasteiger partial charge in [-0.15, -0.1) is 0 Å². The van der Waals surface area contributed by atoms with Crippen molar-refractivity contribution in [2.45, 2.75) is 31.8 Å². The Balaban J connectivity index is 1.70. The Labute approximate surface area is 215 Å². The van der Waals surface area contributed by atoms with E-state index in [0.29, 0.717) is 28.0 Å². The molecule has 0 aliphatic heterocycles. The van der Waals surface area contributed by atoms with Crippen LogP contribution in [-0.2, 0) is 26.6 Å². The van der Waals surface area contributed by atoms with E-state index < -0.39 is 22.1 Å². The Morgan fingerprint density at radius 2 is 1.84 bits per heavy atom. The van der Waals surface area contributed by atoms with Gasteiger partial charge < -0.3 is 14.0 Å². The normalized spacial score (nSPS) is 12.6. The van der Waals surface area contributed by atoms with Crippen molar-refractivity contribution < 1.29 is 22.7 Å². The summed E-state index contributed by atoms with van der Waals surface area (Å²) in [5.41, 5.74) is 3.37. The number of hydrogen-bond acceptors (Lipinski definition) is 6. The van der Waals surface area contributed by atoms with Crippen molar-refractivity contribution in [3.63, 3.8) is 0 Å². The highest BCUT2D eigenvalue weighted by atomic mass is 32.2. The molecule has 0 bridgehead atoms. The first-order valence-corrected chi connectivity index (χ1v) is 13.4. The Bertz CT molecular complexity index is 1730. The molecule has 0 saturated carbocycles. The van der Waals surface area contributed by atoms with Gasteiger partial charge in [0.05, 0.1) is 17.2 Å². The molecule has 0 fully saturated rings. The first-order valence-electron chi connectivity index (χ1n) is 11.9. The van der Waals surface area contributed by atoms with Crippen molar-refractivity contribution in [2.24, 2.45) is 7.05 Å². The van der Waals surface area contributed by atoms with Crippen LogP contribution in [0.25, 0.3) is 33.2 Å². The highest BCUT2D eigenvalue weighted by Gasteiger charge is 2.26. The van der Waals surface area contributed by atoms with E-state index in [-0.39, 0.29) is 11.5 Å². The predicted octanol–water partition coefficient (Wildman–Crippen LogP) is 5.07. The molecule has 5 rings (SSSR count). The summed E-state index contributed by atoms with van der Waals surface area (Å²) < 4.78 is 42.0. The molecule has 0 aliphatic carbocycles. The maximum absolute atomic E-state index is 13.9. The molecule has 2 aromatic carbocycles. The van der Waals surface area contributed by atoms with Gasteiger partial charge in [-0.1, -0.05) is 17.7 Å². The van der Waals surface area contributed by atoms with E-state index in [1.807, 2.05) is 49.0 Å². The van der Waals surface area contributed by atoms with Gasteiger partial charge in [-0.3, -0.25) is 0 Å². The third-order valence-corrected chi connectivity index (χ3v) is 7.97. The molecule has 37 heavy (non-hydrogen) atoms. The van der Waals surface area contributed by atoms with Crippen LogP contribution in [0, 0.1) is 6.92 Å². The highest BCUT2D eigenvalue weighted by Crippen LogP contribution is 2.37. The fourth-order valence-electron chi connectivity index (χ4n) is 4.42. The Morgan fingerprint density at radius 3 is 2.57 bits per heavy atom. The predicted molar refractivity (Wildman–Crippen MR) is 142 cm³/mol. The average Bonchev–Trinajstić information content (AvgIpc) is 3.42. The number of nitrogens with zero attached hydrogens (tertiary/aromatic N) is 3. The lowest BCUT2D eigenvalue weighted by Crippen LogP contribution is -2.26. The van der Waals surface area contributed by atoms with Gasteiger partial charge in [-0.05, 0) is 69.3 Å². The molecule has 1 unspecified atom stereocenters. The summed E-state index contributed by atoms with van der Waals surface area (Å²) in [7, 11) is -2.08. The fraction of sp³-hybridized carbons (Fsp3) is 0.214.